The zero-order valence-electron chi connectivity index (χ0n) is 12.2. The van der Waals surface area contributed by atoms with Crippen LogP contribution in [-0.2, 0) is 21.3 Å². The summed E-state index contributed by atoms with van der Waals surface area (Å²) in [4.78, 5) is 0.170. The molecule has 1 aliphatic rings. The van der Waals surface area contributed by atoms with Crippen molar-refractivity contribution in [3.8, 4) is 0 Å². The third-order valence-corrected chi connectivity index (χ3v) is 5.68. The van der Waals surface area contributed by atoms with E-state index in [1.807, 2.05) is 0 Å². The molecular formula is C13H22N2O4S. The first kappa shape index (κ1) is 15.5. The summed E-state index contributed by atoms with van der Waals surface area (Å²) < 4.78 is 38.4. The van der Waals surface area contributed by atoms with Crippen molar-refractivity contribution in [1.29, 1.82) is 0 Å². The third-order valence-electron chi connectivity index (χ3n) is 4.08. The van der Waals surface area contributed by atoms with Gasteiger partial charge in [-0.25, -0.2) is 13.1 Å². The van der Waals surface area contributed by atoms with Gasteiger partial charge in [0.15, 0.2) is 0 Å². The molecule has 1 aromatic heterocycles. The van der Waals surface area contributed by atoms with Crippen LogP contribution in [0.2, 0.25) is 0 Å². The smallest absolute Gasteiger partial charge is 0.244 e. The lowest BCUT2D eigenvalue weighted by molar-refractivity contribution is -0.0659. The number of ether oxygens (including phenoxy) is 1. The lowest BCUT2D eigenvalue weighted by Gasteiger charge is -2.40. The molecule has 1 fully saturated rings. The van der Waals surface area contributed by atoms with Gasteiger partial charge in [0.1, 0.15) is 16.4 Å². The van der Waals surface area contributed by atoms with Crippen LogP contribution < -0.4 is 10.5 Å². The Bertz CT molecular complexity index is 582. The fraction of sp³-hybridized carbons (Fsp3) is 0.692. The van der Waals surface area contributed by atoms with Crippen LogP contribution in [0.25, 0.3) is 0 Å². The van der Waals surface area contributed by atoms with Crippen molar-refractivity contribution in [2.24, 2.45) is 5.73 Å². The minimum atomic E-state index is -3.64. The second-order valence-corrected chi connectivity index (χ2v) is 7.00. The van der Waals surface area contributed by atoms with Gasteiger partial charge >= 0.3 is 0 Å². The highest BCUT2D eigenvalue weighted by molar-refractivity contribution is 7.89. The first-order chi connectivity index (χ1) is 9.35. The molecule has 0 aromatic carbocycles. The third kappa shape index (κ3) is 2.63. The molecule has 0 aliphatic heterocycles. The summed E-state index contributed by atoms with van der Waals surface area (Å²) in [6.45, 7) is 3.77. The van der Waals surface area contributed by atoms with Gasteiger partial charge in [0, 0.05) is 25.8 Å². The molecule has 2 rings (SSSR count). The first-order valence-electron chi connectivity index (χ1n) is 6.69. The minimum absolute atomic E-state index is 0.134. The summed E-state index contributed by atoms with van der Waals surface area (Å²) in [5, 5.41) is 0. The Morgan fingerprint density at radius 1 is 1.35 bits per heavy atom. The molecule has 6 nitrogen and oxygen atoms in total. The summed E-state index contributed by atoms with van der Waals surface area (Å²) in [5.74, 6) is 0.922. The Kier molecular flexibility index (Phi) is 4.24. The summed E-state index contributed by atoms with van der Waals surface area (Å²) in [6, 6.07) is 0. The molecule has 0 atom stereocenters. The number of hydrogen-bond acceptors (Lipinski definition) is 5. The van der Waals surface area contributed by atoms with Crippen LogP contribution in [0.5, 0.6) is 0 Å². The monoisotopic (exact) mass is 302 g/mol. The van der Waals surface area contributed by atoms with Crippen molar-refractivity contribution in [1.82, 2.24) is 4.72 Å². The largest absolute Gasteiger partial charge is 0.465 e. The molecule has 7 heteroatoms. The molecule has 0 radical (unpaired) electrons. The number of furan rings is 1. The zero-order chi connectivity index (χ0) is 15.0. The van der Waals surface area contributed by atoms with Gasteiger partial charge in [-0.3, -0.25) is 0 Å². The topological polar surface area (TPSA) is 94.6 Å². The second-order valence-electron chi connectivity index (χ2n) is 5.29. The van der Waals surface area contributed by atoms with Crippen LogP contribution in [0, 0.1) is 13.8 Å². The highest BCUT2D eigenvalue weighted by Gasteiger charge is 2.38. The van der Waals surface area contributed by atoms with Gasteiger partial charge < -0.3 is 14.9 Å². The SMILES string of the molecule is COC1(CNS(=O)(=O)c2c(C)oc(C)c2CN)CCC1. The molecule has 0 bridgehead atoms. The van der Waals surface area contributed by atoms with Crippen molar-refractivity contribution >= 4 is 10.0 Å². The Labute approximate surface area is 119 Å². The maximum Gasteiger partial charge on any atom is 0.244 e. The van der Waals surface area contributed by atoms with Gasteiger partial charge in [-0.05, 0) is 33.1 Å². The van der Waals surface area contributed by atoms with Crippen molar-refractivity contribution in [2.75, 3.05) is 13.7 Å². The van der Waals surface area contributed by atoms with E-state index in [9.17, 15) is 8.42 Å². The molecule has 3 N–H and O–H groups in total. The number of nitrogens with one attached hydrogen (secondary N) is 1. The number of sulfonamides is 1. The van der Waals surface area contributed by atoms with Crippen molar-refractivity contribution in [3.63, 3.8) is 0 Å². The molecule has 1 saturated carbocycles. The van der Waals surface area contributed by atoms with E-state index in [-0.39, 0.29) is 23.6 Å². The maximum atomic E-state index is 12.5. The normalized spacial score (nSPS) is 18.0. The number of nitrogens with two attached hydrogens (primary N) is 1. The van der Waals surface area contributed by atoms with Gasteiger partial charge in [-0.1, -0.05) is 0 Å². The predicted molar refractivity (Wildman–Crippen MR) is 74.9 cm³/mol. The van der Waals surface area contributed by atoms with Crippen LogP contribution in [0.1, 0.15) is 36.3 Å². The molecule has 0 spiro atoms. The average Bonchev–Trinajstić information content (AvgIpc) is 2.63. The van der Waals surface area contributed by atoms with Gasteiger partial charge in [0.05, 0.1) is 5.60 Å². The predicted octanol–water partition coefficient (Wildman–Crippen LogP) is 1.20. The lowest BCUT2D eigenvalue weighted by atomic mass is 9.80. The fourth-order valence-electron chi connectivity index (χ4n) is 2.62. The number of hydrogen-bond donors (Lipinski definition) is 2. The molecule has 0 saturated heterocycles. The van der Waals surface area contributed by atoms with E-state index in [2.05, 4.69) is 4.72 Å². The quantitative estimate of drug-likeness (QED) is 0.823. The first-order valence-corrected chi connectivity index (χ1v) is 8.17. The maximum absolute atomic E-state index is 12.5. The van der Waals surface area contributed by atoms with Crippen LogP contribution in [-0.4, -0.2) is 27.7 Å². The van der Waals surface area contributed by atoms with E-state index < -0.39 is 10.0 Å². The lowest BCUT2D eigenvalue weighted by Crippen LogP contribution is -2.49. The summed E-state index contributed by atoms with van der Waals surface area (Å²) in [6.07, 6.45) is 2.81. The van der Waals surface area contributed by atoms with E-state index in [1.165, 1.54) is 0 Å². The Morgan fingerprint density at radius 3 is 2.45 bits per heavy atom. The molecule has 20 heavy (non-hydrogen) atoms. The highest BCUT2D eigenvalue weighted by Crippen LogP contribution is 2.35. The Morgan fingerprint density at radius 2 is 2.00 bits per heavy atom. The number of rotatable bonds is 6. The summed E-state index contributed by atoms with van der Waals surface area (Å²) >= 11 is 0. The number of methoxy groups -OCH3 is 1. The zero-order valence-corrected chi connectivity index (χ0v) is 13.0. The standard InChI is InChI=1S/C13H22N2O4S/c1-9-11(7-14)12(10(2)19-9)20(16,17)15-8-13(18-3)5-4-6-13/h15H,4-8,14H2,1-3H3. The Hall–Kier alpha value is -0.890. The van der Waals surface area contributed by atoms with Gasteiger partial charge in [-0.2, -0.15) is 0 Å². The molecular weight excluding hydrogens is 280 g/mol. The molecule has 1 aliphatic carbocycles. The fourth-order valence-corrected chi connectivity index (χ4v) is 4.19. The second kappa shape index (κ2) is 5.48. The van der Waals surface area contributed by atoms with Gasteiger partial charge in [0.2, 0.25) is 10.0 Å². The van der Waals surface area contributed by atoms with Crippen LogP contribution in [0.15, 0.2) is 9.31 Å². The van der Waals surface area contributed by atoms with Crippen molar-refractivity contribution < 1.29 is 17.6 Å². The molecule has 1 aromatic rings. The van der Waals surface area contributed by atoms with Gasteiger partial charge in [-0.15, -0.1) is 0 Å². The van der Waals surface area contributed by atoms with E-state index >= 15 is 0 Å². The molecule has 0 unspecified atom stereocenters. The molecule has 1 heterocycles. The minimum Gasteiger partial charge on any atom is -0.465 e. The van der Waals surface area contributed by atoms with Crippen LogP contribution >= 0.6 is 0 Å². The van der Waals surface area contributed by atoms with E-state index in [0.717, 1.165) is 19.3 Å². The van der Waals surface area contributed by atoms with Crippen molar-refractivity contribution in [2.45, 2.75) is 50.2 Å². The average molecular weight is 302 g/mol. The summed E-state index contributed by atoms with van der Waals surface area (Å²) in [7, 11) is -2.02. The molecule has 0 amide bonds. The van der Waals surface area contributed by atoms with E-state index in [0.29, 0.717) is 17.1 Å². The van der Waals surface area contributed by atoms with E-state index in [1.54, 1.807) is 21.0 Å². The highest BCUT2D eigenvalue weighted by atomic mass is 32.2. The van der Waals surface area contributed by atoms with Crippen molar-refractivity contribution in [3.05, 3.63) is 17.1 Å². The van der Waals surface area contributed by atoms with Gasteiger partial charge in [0.25, 0.3) is 0 Å². The van der Waals surface area contributed by atoms with Crippen LogP contribution in [0.4, 0.5) is 0 Å². The van der Waals surface area contributed by atoms with Crippen LogP contribution in [0.3, 0.4) is 0 Å². The summed E-state index contributed by atoms with van der Waals surface area (Å²) in [5.41, 5.74) is 5.81. The molecule has 114 valence electrons. The Balaban J connectivity index is 2.23. The van der Waals surface area contributed by atoms with E-state index in [4.69, 9.17) is 14.9 Å². The number of aryl methyl sites for hydroxylation is 2.